The second kappa shape index (κ2) is 8.52. The number of hydrogen-bond donors (Lipinski definition) is 1. The molecule has 0 saturated carbocycles. The fourth-order valence-corrected chi connectivity index (χ4v) is 3.54. The van der Waals surface area contributed by atoms with E-state index in [1.54, 1.807) is 0 Å². The average molecular weight is 438 g/mol. The number of aromatic nitrogens is 4. The van der Waals surface area contributed by atoms with Crippen molar-refractivity contribution in [1.82, 2.24) is 19.7 Å². The van der Waals surface area contributed by atoms with Gasteiger partial charge in [-0.2, -0.15) is 5.10 Å². The molecular weight excluding hydrogens is 414 g/mol. The predicted molar refractivity (Wildman–Crippen MR) is 119 cm³/mol. The molecule has 4 rings (SSSR count). The van der Waals surface area contributed by atoms with Crippen LogP contribution >= 0.6 is 15.9 Å². The van der Waals surface area contributed by atoms with Crippen molar-refractivity contribution in [2.24, 2.45) is 0 Å². The number of hydrogen-bond acceptors (Lipinski definition) is 4. The molecule has 28 heavy (non-hydrogen) atoms. The molecule has 0 bridgehead atoms. The largest absolute Gasteiger partial charge is 0.339 e. The molecule has 0 aliphatic heterocycles. The Hall–Kier alpha value is -2.73. The lowest BCUT2D eigenvalue weighted by Crippen LogP contribution is -2.09. The van der Waals surface area contributed by atoms with Crippen molar-refractivity contribution in [2.45, 2.75) is 33.7 Å². The number of halogens is 1. The van der Waals surface area contributed by atoms with Crippen molar-refractivity contribution in [3.63, 3.8) is 0 Å². The molecule has 0 radical (unpaired) electrons. The Morgan fingerprint density at radius 1 is 1.07 bits per heavy atom. The van der Waals surface area contributed by atoms with Gasteiger partial charge in [0.1, 0.15) is 11.6 Å². The first kappa shape index (κ1) is 20.0. The molecule has 1 unspecified atom stereocenters. The van der Waals surface area contributed by atoms with Gasteiger partial charge in [-0.25, -0.2) is 14.6 Å². The molecule has 5 nitrogen and oxygen atoms in total. The molecule has 0 spiro atoms. The predicted octanol–water partition coefficient (Wildman–Crippen LogP) is 6.08. The number of nitrogens with one attached hydrogen (secondary N) is 1. The third kappa shape index (κ3) is 4.22. The van der Waals surface area contributed by atoms with Crippen LogP contribution in [-0.2, 0) is 6.54 Å². The van der Waals surface area contributed by atoms with Crippen molar-refractivity contribution in [3.8, 4) is 0 Å². The highest BCUT2D eigenvalue weighted by molar-refractivity contribution is 9.10. The van der Waals surface area contributed by atoms with E-state index in [4.69, 9.17) is 0 Å². The van der Waals surface area contributed by atoms with Crippen LogP contribution in [0.5, 0.6) is 0 Å². The van der Waals surface area contributed by atoms with Gasteiger partial charge in [-0.3, -0.25) is 0 Å². The van der Waals surface area contributed by atoms with E-state index < -0.39 is 0 Å². The number of aryl methyl sites for hydroxylation is 1. The molecule has 144 valence electrons. The lowest BCUT2D eigenvalue weighted by Gasteiger charge is -2.13. The first-order valence-electron chi connectivity index (χ1n) is 8.88. The summed E-state index contributed by atoms with van der Waals surface area (Å²) >= 11 is 3.50. The van der Waals surface area contributed by atoms with E-state index in [1.807, 2.05) is 48.1 Å². The van der Waals surface area contributed by atoms with Crippen LogP contribution in [0.2, 0.25) is 0 Å². The zero-order valence-electron chi connectivity index (χ0n) is 15.2. The molecule has 2 aromatic heterocycles. The fraction of sp³-hybridized carbons (Fsp3) is 0.227. The number of benzene rings is 2. The minimum atomic E-state index is 0. The van der Waals surface area contributed by atoms with Gasteiger partial charge in [0.15, 0.2) is 5.65 Å². The zero-order chi connectivity index (χ0) is 18.8. The number of nitrogens with zero attached hydrogens (tertiary/aromatic N) is 4. The Morgan fingerprint density at radius 2 is 1.86 bits per heavy atom. The van der Waals surface area contributed by atoms with E-state index in [0.29, 0.717) is 11.7 Å². The maximum atomic E-state index is 4.64. The van der Waals surface area contributed by atoms with E-state index in [1.165, 1.54) is 5.56 Å². The van der Waals surface area contributed by atoms with Crippen LogP contribution in [0.3, 0.4) is 0 Å². The summed E-state index contributed by atoms with van der Waals surface area (Å²) in [6.07, 6.45) is 1.84. The van der Waals surface area contributed by atoms with Gasteiger partial charge in [-0.1, -0.05) is 66.7 Å². The van der Waals surface area contributed by atoms with Crippen LogP contribution in [-0.4, -0.2) is 19.7 Å². The van der Waals surface area contributed by atoms with Crippen molar-refractivity contribution in [1.29, 1.82) is 0 Å². The van der Waals surface area contributed by atoms with Crippen LogP contribution in [0.4, 0.5) is 11.5 Å². The molecule has 0 fully saturated rings. The Labute approximate surface area is 174 Å². The smallest absolute Gasteiger partial charge is 0.163 e. The first-order valence-corrected chi connectivity index (χ1v) is 9.67. The Kier molecular flexibility index (Phi) is 6.09. The van der Waals surface area contributed by atoms with Gasteiger partial charge in [0.25, 0.3) is 0 Å². The molecular formula is C22H24BrN5. The monoisotopic (exact) mass is 437 g/mol. The van der Waals surface area contributed by atoms with E-state index >= 15 is 0 Å². The topological polar surface area (TPSA) is 55.6 Å². The normalized spacial score (nSPS) is 11.8. The van der Waals surface area contributed by atoms with Crippen LogP contribution in [0.15, 0.2) is 65.3 Å². The number of fused-ring (bicyclic) bond motifs is 1. The van der Waals surface area contributed by atoms with Gasteiger partial charge in [-0.15, -0.1) is 0 Å². The molecule has 0 aliphatic rings. The lowest BCUT2D eigenvalue weighted by molar-refractivity contribution is 0.554. The molecule has 2 aromatic carbocycles. The summed E-state index contributed by atoms with van der Waals surface area (Å²) in [7, 11) is 0. The Bertz CT molecular complexity index is 1070. The number of anilines is 2. The quantitative estimate of drug-likeness (QED) is 0.410. The summed E-state index contributed by atoms with van der Waals surface area (Å²) in [5.74, 6) is 1.83. The molecule has 0 saturated heterocycles. The molecule has 0 aliphatic carbocycles. The summed E-state index contributed by atoms with van der Waals surface area (Å²) in [6, 6.07) is 18.5. The Balaban J connectivity index is 0.00000225. The highest BCUT2D eigenvalue weighted by Crippen LogP contribution is 2.26. The van der Waals surface area contributed by atoms with Crippen molar-refractivity contribution in [3.05, 3.63) is 76.7 Å². The summed E-state index contributed by atoms with van der Waals surface area (Å²) in [4.78, 5) is 9.23. The first-order chi connectivity index (χ1) is 13.1. The summed E-state index contributed by atoms with van der Waals surface area (Å²) in [5, 5.41) is 8.90. The van der Waals surface area contributed by atoms with Crippen LogP contribution in [0.25, 0.3) is 11.0 Å². The molecule has 6 heteroatoms. The molecule has 1 N–H and O–H groups in total. The Morgan fingerprint density at radius 3 is 2.61 bits per heavy atom. The third-order valence-electron chi connectivity index (χ3n) is 4.51. The summed E-state index contributed by atoms with van der Waals surface area (Å²) in [6.45, 7) is 4.88. The van der Waals surface area contributed by atoms with Crippen LogP contribution in [0.1, 0.15) is 31.7 Å². The van der Waals surface area contributed by atoms with Gasteiger partial charge in [0.05, 0.1) is 11.6 Å². The average Bonchev–Trinajstić information content (AvgIpc) is 3.05. The zero-order valence-corrected chi connectivity index (χ0v) is 16.8. The molecule has 4 aromatic rings. The SMILES string of the molecule is C.Cc1nc(Nc2cccc(Br)c2)c2cnn(CC(C)c3ccccc3)c2n1. The van der Waals surface area contributed by atoms with Crippen molar-refractivity contribution >= 4 is 38.5 Å². The maximum Gasteiger partial charge on any atom is 0.163 e. The van der Waals surface area contributed by atoms with Crippen molar-refractivity contribution in [2.75, 3.05) is 5.32 Å². The van der Waals surface area contributed by atoms with E-state index in [0.717, 1.165) is 33.6 Å². The summed E-state index contributed by atoms with van der Waals surface area (Å²) < 4.78 is 2.98. The van der Waals surface area contributed by atoms with Crippen molar-refractivity contribution < 1.29 is 0 Å². The minimum Gasteiger partial charge on any atom is -0.339 e. The van der Waals surface area contributed by atoms with Crippen LogP contribution in [0, 0.1) is 6.92 Å². The van der Waals surface area contributed by atoms with Gasteiger partial charge in [0.2, 0.25) is 0 Å². The number of rotatable bonds is 5. The standard InChI is InChI=1S/C21H20BrN5.CH4/c1-14(16-7-4-3-5-8-16)13-27-21-19(12-23-27)20(24-15(2)25-21)26-18-10-6-9-17(22)11-18;/h3-12,14H,13H2,1-2H3,(H,24,25,26);1H4. The van der Waals surface area contributed by atoms with Gasteiger partial charge < -0.3 is 5.32 Å². The van der Waals surface area contributed by atoms with Crippen LogP contribution < -0.4 is 5.32 Å². The summed E-state index contributed by atoms with van der Waals surface area (Å²) in [5.41, 5.74) is 3.11. The second-order valence-electron chi connectivity index (χ2n) is 6.63. The van der Waals surface area contributed by atoms with Gasteiger partial charge in [0, 0.05) is 22.6 Å². The fourth-order valence-electron chi connectivity index (χ4n) is 3.14. The molecule has 0 amide bonds. The van der Waals surface area contributed by atoms with Gasteiger partial charge >= 0.3 is 0 Å². The highest BCUT2D eigenvalue weighted by Gasteiger charge is 2.14. The van der Waals surface area contributed by atoms with Gasteiger partial charge in [-0.05, 0) is 30.7 Å². The lowest BCUT2D eigenvalue weighted by atomic mass is 10.0. The second-order valence-corrected chi connectivity index (χ2v) is 7.55. The molecule has 2 heterocycles. The highest BCUT2D eigenvalue weighted by atomic mass is 79.9. The van der Waals surface area contributed by atoms with E-state index in [2.05, 4.69) is 67.5 Å². The molecule has 1 atom stereocenters. The maximum absolute atomic E-state index is 4.64. The van der Waals surface area contributed by atoms with E-state index in [9.17, 15) is 0 Å². The van der Waals surface area contributed by atoms with E-state index in [-0.39, 0.29) is 7.43 Å². The minimum absolute atomic E-state index is 0. The third-order valence-corrected chi connectivity index (χ3v) is 5.00.